The Morgan fingerprint density at radius 3 is 2.20 bits per heavy atom. The van der Waals surface area contributed by atoms with Crippen molar-refractivity contribution in [2.45, 2.75) is 5.92 Å². The molecule has 76 valence electrons. The zero-order valence-electron chi connectivity index (χ0n) is 7.54. The third-order valence-corrected chi connectivity index (χ3v) is 1.89. The Hall–Kier alpha value is -2.35. The van der Waals surface area contributed by atoms with Crippen LogP contribution in [0.3, 0.4) is 0 Å². The molecule has 0 heterocycles. The molecular formula is C10H7NO4. The second-order valence-corrected chi connectivity index (χ2v) is 2.81. The number of nitriles is 1. The molecule has 0 saturated heterocycles. The molecule has 0 aliphatic heterocycles. The van der Waals surface area contributed by atoms with Gasteiger partial charge in [0.25, 0.3) is 0 Å². The normalized spacial score (nSPS) is 9.60. The molecule has 0 aliphatic rings. The van der Waals surface area contributed by atoms with Crippen molar-refractivity contribution in [3.05, 3.63) is 35.4 Å². The van der Waals surface area contributed by atoms with Crippen LogP contribution in [0.25, 0.3) is 0 Å². The summed E-state index contributed by atoms with van der Waals surface area (Å²) < 4.78 is 0. The molecule has 1 rings (SSSR count). The standard InChI is InChI=1S/C10H7NO4/c11-5-6-3-1-2-4-7(6)8(9(12)13)10(14)15/h1-4,8H,(H,12,13)(H,14,15). The molecule has 0 spiro atoms. The van der Waals surface area contributed by atoms with Crippen LogP contribution in [0.1, 0.15) is 17.0 Å². The van der Waals surface area contributed by atoms with Crippen LogP contribution >= 0.6 is 0 Å². The van der Waals surface area contributed by atoms with Gasteiger partial charge in [-0.1, -0.05) is 18.2 Å². The summed E-state index contributed by atoms with van der Waals surface area (Å²) in [6, 6.07) is 7.51. The van der Waals surface area contributed by atoms with Crippen molar-refractivity contribution in [2.24, 2.45) is 0 Å². The fourth-order valence-corrected chi connectivity index (χ4v) is 1.22. The summed E-state index contributed by atoms with van der Waals surface area (Å²) in [5.74, 6) is -4.66. The number of nitrogens with zero attached hydrogens (tertiary/aromatic N) is 1. The van der Waals surface area contributed by atoms with Crippen LogP contribution in [0.15, 0.2) is 24.3 Å². The van der Waals surface area contributed by atoms with E-state index in [9.17, 15) is 9.59 Å². The van der Waals surface area contributed by atoms with Gasteiger partial charge in [-0.2, -0.15) is 5.26 Å². The summed E-state index contributed by atoms with van der Waals surface area (Å²) in [5, 5.41) is 26.1. The number of carboxylic acid groups (broad SMARTS) is 2. The number of carboxylic acids is 2. The highest BCUT2D eigenvalue weighted by Gasteiger charge is 2.29. The molecule has 15 heavy (non-hydrogen) atoms. The van der Waals surface area contributed by atoms with Crippen LogP contribution in [-0.4, -0.2) is 22.2 Å². The number of rotatable bonds is 3. The number of aliphatic carboxylic acids is 2. The van der Waals surface area contributed by atoms with Gasteiger partial charge >= 0.3 is 11.9 Å². The predicted molar refractivity (Wildman–Crippen MR) is 49.2 cm³/mol. The van der Waals surface area contributed by atoms with Gasteiger partial charge in [0.1, 0.15) is 0 Å². The summed E-state index contributed by atoms with van der Waals surface area (Å²) >= 11 is 0. The van der Waals surface area contributed by atoms with E-state index in [4.69, 9.17) is 15.5 Å². The molecule has 0 unspecified atom stereocenters. The molecule has 0 amide bonds. The van der Waals surface area contributed by atoms with Crippen LogP contribution in [0, 0.1) is 11.3 Å². The Morgan fingerprint density at radius 2 is 1.73 bits per heavy atom. The number of benzene rings is 1. The molecule has 1 aromatic carbocycles. The van der Waals surface area contributed by atoms with Crippen molar-refractivity contribution >= 4 is 11.9 Å². The summed E-state index contributed by atoms with van der Waals surface area (Å²) in [6.07, 6.45) is 0. The average molecular weight is 205 g/mol. The minimum absolute atomic E-state index is 0.000000000000000444. The summed E-state index contributed by atoms with van der Waals surface area (Å²) in [7, 11) is 0. The van der Waals surface area contributed by atoms with E-state index in [0.29, 0.717) is 0 Å². The topological polar surface area (TPSA) is 98.4 Å². The van der Waals surface area contributed by atoms with Crippen LogP contribution < -0.4 is 0 Å². The van der Waals surface area contributed by atoms with E-state index >= 15 is 0 Å². The first-order valence-electron chi connectivity index (χ1n) is 4.02. The third kappa shape index (κ3) is 2.11. The highest BCUT2D eigenvalue weighted by atomic mass is 16.4. The zero-order valence-corrected chi connectivity index (χ0v) is 7.54. The van der Waals surface area contributed by atoms with Crippen molar-refractivity contribution in [3.8, 4) is 6.07 Å². The third-order valence-electron chi connectivity index (χ3n) is 1.89. The number of hydrogen-bond donors (Lipinski definition) is 2. The van der Waals surface area contributed by atoms with Crippen LogP contribution in [-0.2, 0) is 9.59 Å². The van der Waals surface area contributed by atoms with Crippen molar-refractivity contribution in [1.29, 1.82) is 5.26 Å². The number of carbonyl (C=O) groups is 2. The van der Waals surface area contributed by atoms with Crippen LogP contribution in [0.5, 0.6) is 0 Å². The second-order valence-electron chi connectivity index (χ2n) is 2.81. The Labute approximate surface area is 85.2 Å². The van der Waals surface area contributed by atoms with E-state index in [1.165, 1.54) is 18.2 Å². The molecule has 5 heteroatoms. The summed E-state index contributed by atoms with van der Waals surface area (Å²) in [6.45, 7) is 0. The monoisotopic (exact) mass is 205 g/mol. The summed E-state index contributed by atoms with van der Waals surface area (Å²) in [4.78, 5) is 21.4. The lowest BCUT2D eigenvalue weighted by Gasteiger charge is -2.08. The highest BCUT2D eigenvalue weighted by molar-refractivity contribution is 5.99. The largest absolute Gasteiger partial charge is 0.480 e. The molecule has 0 aromatic heterocycles. The average Bonchev–Trinajstić information content (AvgIpc) is 2.17. The van der Waals surface area contributed by atoms with E-state index in [-0.39, 0.29) is 11.1 Å². The Balaban J connectivity index is 3.30. The van der Waals surface area contributed by atoms with Gasteiger partial charge in [0.2, 0.25) is 0 Å². The first kappa shape index (κ1) is 10.7. The van der Waals surface area contributed by atoms with Crippen LogP contribution in [0.4, 0.5) is 0 Å². The second kappa shape index (κ2) is 4.24. The first-order valence-corrected chi connectivity index (χ1v) is 4.02. The fourth-order valence-electron chi connectivity index (χ4n) is 1.22. The summed E-state index contributed by atoms with van der Waals surface area (Å²) in [5.41, 5.74) is 0.0623. The first-order chi connectivity index (χ1) is 7.07. The van der Waals surface area contributed by atoms with Gasteiger partial charge in [-0.3, -0.25) is 9.59 Å². The lowest BCUT2D eigenvalue weighted by Crippen LogP contribution is -2.21. The molecule has 0 saturated carbocycles. The highest BCUT2D eigenvalue weighted by Crippen LogP contribution is 2.20. The Kier molecular flexibility index (Phi) is 3.03. The van der Waals surface area contributed by atoms with Crippen molar-refractivity contribution in [2.75, 3.05) is 0 Å². The maximum atomic E-state index is 10.7. The van der Waals surface area contributed by atoms with Crippen LogP contribution in [0.2, 0.25) is 0 Å². The quantitative estimate of drug-likeness (QED) is 0.711. The van der Waals surface area contributed by atoms with Gasteiger partial charge in [0.05, 0.1) is 11.6 Å². The van der Waals surface area contributed by atoms with E-state index in [1.54, 1.807) is 12.1 Å². The predicted octanol–water partition coefficient (Wildman–Crippen LogP) is 0.811. The molecular weight excluding hydrogens is 198 g/mol. The molecule has 0 bridgehead atoms. The van der Waals surface area contributed by atoms with Gasteiger partial charge in [-0.15, -0.1) is 0 Å². The van der Waals surface area contributed by atoms with Crippen molar-refractivity contribution < 1.29 is 19.8 Å². The lowest BCUT2D eigenvalue weighted by molar-refractivity contribution is -0.150. The lowest BCUT2D eigenvalue weighted by atomic mass is 9.95. The molecule has 1 aromatic rings. The van der Waals surface area contributed by atoms with E-state index < -0.39 is 17.9 Å². The number of hydrogen-bond acceptors (Lipinski definition) is 3. The fraction of sp³-hybridized carbons (Fsp3) is 0.100. The van der Waals surface area contributed by atoms with Gasteiger partial charge in [0, 0.05) is 0 Å². The molecule has 2 N–H and O–H groups in total. The molecule has 0 aliphatic carbocycles. The SMILES string of the molecule is N#Cc1ccccc1C(C(=O)O)C(=O)O. The van der Waals surface area contributed by atoms with Gasteiger partial charge in [-0.25, -0.2) is 0 Å². The van der Waals surface area contributed by atoms with Gasteiger partial charge in [0.15, 0.2) is 5.92 Å². The van der Waals surface area contributed by atoms with E-state index in [2.05, 4.69) is 0 Å². The molecule has 5 nitrogen and oxygen atoms in total. The Bertz CT molecular complexity index is 433. The van der Waals surface area contributed by atoms with Crippen molar-refractivity contribution in [1.82, 2.24) is 0 Å². The molecule has 0 radical (unpaired) electrons. The molecule has 0 atom stereocenters. The maximum absolute atomic E-state index is 10.7. The zero-order chi connectivity index (χ0) is 11.4. The minimum Gasteiger partial charge on any atom is -0.480 e. The maximum Gasteiger partial charge on any atom is 0.322 e. The van der Waals surface area contributed by atoms with Gasteiger partial charge in [-0.05, 0) is 11.6 Å². The smallest absolute Gasteiger partial charge is 0.322 e. The Morgan fingerprint density at radius 1 is 1.20 bits per heavy atom. The minimum atomic E-state index is -1.69. The van der Waals surface area contributed by atoms with E-state index in [0.717, 1.165) is 0 Å². The molecule has 0 fully saturated rings. The van der Waals surface area contributed by atoms with E-state index in [1.807, 2.05) is 0 Å². The van der Waals surface area contributed by atoms with Crippen molar-refractivity contribution in [3.63, 3.8) is 0 Å². The van der Waals surface area contributed by atoms with Gasteiger partial charge < -0.3 is 10.2 Å².